The van der Waals surface area contributed by atoms with E-state index in [9.17, 15) is 0 Å². The molecule has 0 aliphatic carbocycles. The van der Waals surface area contributed by atoms with Crippen molar-refractivity contribution in [3.8, 4) is 5.75 Å². The Kier molecular flexibility index (Phi) is 7.42. The van der Waals surface area contributed by atoms with Crippen molar-refractivity contribution in [2.24, 2.45) is 5.92 Å². The average molecular weight is 330 g/mol. The molecule has 1 aromatic rings. The molecule has 0 bridgehead atoms. The standard InChI is InChI=1S/C15H24BrNO2/c1-11(2)8-17-9-13-7-14(5-6-15(13)16)19-10-12(3)18-4/h5-7,11-12,17H,8-10H2,1-4H3. The molecule has 0 amide bonds. The van der Waals surface area contributed by atoms with E-state index in [0.29, 0.717) is 12.5 Å². The third-order valence-corrected chi connectivity index (χ3v) is 3.55. The highest BCUT2D eigenvalue weighted by Crippen LogP contribution is 2.22. The Bertz CT molecular complexity index is 382. The summed E-state index contributed by atoms with van der Waals surface area (Å²) in [7, 11) is 1.69. The van der Waals surface area contributed by atoms with Gasteiger partial charge in [-0.05, 0) is 43.1 Å². The molecule has 0 radical (unpaired) electrons. The molecule has 1 atom stereocenters. The lowest BCUT2D eigenvalue weighted by Gasteiger charge is -2.14. The Morgan fingerprint density at radius 1 is 1.26 bits per heavy atom. The maximum Gasteiger partial charge on any atom is 0.119 e. The number of methoxy groups -OCH3 is 1. The molecule has 0 spiro atoms. The number of ether oxygens (including phenoxy) is 2. The molecule has 1 aromatic carbocycles. The van der Waals surface area contributed by atoms with Crippen LogP contribution in [0.5, 0.6) is 5.75 Å². The quantitative estimate of drug-likeness (QED) is 0.790. The summed E-state index contributed by atoms with van der Waals surface area (Å²) in [6, 6.07) is 6.07. The third-order valence-electron chi connectivity index (χ3n) is 2.77. The minimum absolute atomic E-state index is 0.103. The van der Waals surface area contributed by atoms with Gasteiger partial charge in [0.15, 0.2) is 0 Å². The molecule has 0 heterocycles. The smallest absolute Gasteiger partial charge is 0.119 e. The van der Waals surface area contributed by atoms with Crippen molar-refractivity contribution >= 4 is 15.9 Å². The normalized spacial score (nSPS) is 12.7. The highest BCUT2D eigenvalue weighted by atomic mass is 79.9. The summed E-state index contributed by atoms with van der Waals surface area (Å²) in [5, 5.41) is 3.43. The van der Waals surface area contributed by atoms with Crippen LogP contribution in [0, 0.1) is 5.92 Å². The van der Waals surface area contributed by atoms with Crippen LogP contribution >= 0.6 is 15.9 Å². The molecule has 19 heavy (non-hydrogen) atoms. The van der Waals surface area contributed by atoms with Crippen molar-refractivity contribution in [2.45, 2.75) is 33.4 Å². The van der Waals surface area contributed by atoms with Gasteiger partial charge < -0.3 is 14.8 Å². The highest BCUT2D eigenvalue weighted by Gasteiger charge is 2.05. The van der Waals surface area contributed by atoms with Crippen LogP contribution in [0.2, 0.25) is 0 Å². The summed E-state index contributed by atoms with van der Waals surface area (Å²) in [6.45, 7) is 8.82. The van der Waals surface area contributed by atoms with Gasteiger partial charge in [0.1, 0.15) is 12.4 Å². The number of nitrogens with one attached hydrogen (secondary N) is 1. The molecule has 0 aliphatic heterocycles. The van der Waals surface area contributed by atoms with Crippen LogP contribution in [0.15, 0.2) is 22.7 Å². The van der Waals surface area contributed by atoms with E-state index in [1.165, 1.54) is 5.56 Å². The lowest BCUT2D eigenvalue weighted by atomic mass is 10.2. The van der Waals surface area contributed by atoms with Crippen LogP contribution < -0.4 is 10.1 Å². The number of halogens is 1. The number of hydrogen-bond donors (Lipinski definition) is 1. The summed E-state index contributed by atoms with van der Waals surface area (Å²) in [6.07, 6.45) is 0.103. The van der Waals surface area contributed by atoms with E-state index in [-0.39, 0.29) is 6.10 Å². The van der Waals surface area contributed by atoms with Crippen LogP contribution in [0.1, 0.15) is 26.3 Å². The molecule has 0 fully saturated rings. The number of hydrogen-bond acceptors (Lipinski definition) is 3. The summed E-state index contributed by atoms with van der Waals surface area (Å²) in [5.74, 6) is 1.54. The van der Waals surface area contributed by atoms with E-state index in [0.717, 1.165) is 23.3 Å². The van der Waals surface area contributed by atoms with Gasteiger partial charge in [0.25, 0.3) is 0 Å². The molecule has 108 valence electrons. The van der Waals surface area contributed by atoms with E-state index in [1.54, 1.807) is 7.11 Å². The zero-order chi connectivity index (χ0) is 14.3. The fourth-order valence-electron chi connectivity index (χ4n) is 1.55. The van der Waals surface area contributed by atoms with Crippen molar-refractivity contribution in [1.82, 2.24) is 5.32 Å². The van der Waals surface area contributed by atoms with Crippen LogP contribution in [-0.2, 0) is 11.3 Å². The average Bonchev–Trinajstić information content (AvgIpc) is 2.38. The topological polar surface area (TPSA) is 30.5 Å². The van der Waals surface area contributed by atoms with Crippen molar-refractivity contribution in [3.05, 3.63) is 28.2 Å². The monoisotopic (exact) mass is 329 g/mol. The van der Waals surface area contributed by atoms with Gasteiger partial charge in [0.2, 0.25) is 0 Å². The maximum absolute atomic E-state index is 5.71. The second kappa shape index (κ2) is 8.56. The van der Waals surface area contributed by atoms with Crippen LogP contribution in [0.4, 0.5) is 0 Å². The number of benzene rings is 1. The molecular weight excluding hydrogens is 306 g/mol. The van der Waals surface area contributed by atoms with Crippen molar-refractivity contribution < 1.29 is 9.47 Å². The molecule has 1 unspecified atom stereocenters. The molecular formula is C15H24BrNO2. The van der Waals surface area contributed by atoms with Gasteiger partial charge in [0, 0.05) is 18.1 Å². The minimum atomic E-state index is 0.103. The second-order valence-corrected chi connectivity index (χ2v) is 5.99. The first-order valence-corrected chi connectivity index (χ1v) is 7.47. The van der Waals surface area contributed by atoms with Gasteiger partial charge in [0.05, 0.1) is 6.10 Å². The zero-order valence-electron chi connectivity index (χ0n) is 12.2. The zero-order valence-corrected chi connectivity index (χ0v) is 13.8. The van der Waals surface area contributed by atoms with Crippen molar-refractivity contribution in [2.75, 3.05) is 20.3 Å². The minimum Gasteiger partial charge on any atom is -0.491 e. The first kappa shape index (κ1) is 16.5. The fraction of sp³-hybridized carbons (Fsp3) is 0.600. The van der Waals surface area contributed by atoms with Crippen LogP contribution in [0.25, 0.3) is 0 Å². The molecule has 0 saturated carbocycles. The third kappa shape index (κ3) is 6.41. The van der Waals surface area contributed by atoms with Crippen LogP contribution in [-0.4, -0.2) is 26.4 Å². The lowest BCUT2D eigenvalue weighted by molar-refractivity contribution is 0.0716. The predicted molar refractivity (Wildman–Crippen MR) is 82.7 cm³/mol. The Hall–Kier alpha value is -0.580. The summed E-state index contributed by atoms with van der Waals surface area (Å²) in [5.41, 5.74) is 1.21. The van der Waals surface area contributed by atoms with Gasteiger partial charge in [-0.25, -0.2) is 0 Å². The Morgan fingerprint density at radius 3 is 2.63 bits per heavy atom. The molecule has 0 saturated heterocycles. The lowest BCUT2D eigenvalue weighted by Crippen LogP contribution is -2.19. The molecule has 0 aliphatic rings. The van der Waals surface area contributed by atoms with E-state index < -0.39 is 0 Å². The van der Waals surface area contributed by atoms with E-state index in [1.807, 2.05) is 19.1 Å². The van der Waals surface area contributed by atoms with Gasteiger partial charge in [-0.1, -0.05) is 29.8 Å². The first-order valence-electron chi connectivity index (χ1n) is 6.67. The summed E-state index contributed by atoms with van der Waals surface area (Å²) in [4.78, 5) is 0. The van der Waals surface area contributed by atoms with Gasteiger partial charge in [-0.2, -0.15) is 0 Å². The fourth-order valence-corrected chi connectivity index (χ4v) is 1.94. The second-order valence-electron chi connectivity index (χ2n) is 5.14. The predicted octanol–water partition coefficient (Wildman–Crippen LogP) is 3.61. The first-order chi connectivity index (χ1) is 9.02. The molecule has 3 nitrogen and oxygen atoms in total. The molecule has 1 rings (SSSR count). The number of rotatable bonds is 8. The maximum atomic E-state index is 5.71. The molecule has 1 N–H and O–H groups in total. The van der Waals surface area contributed by atoms with E-state index in [4.69, 9.17) is 9.47 Å². The SMILES string of the molecule is COC(C)COc1ccc(Br)c(CNCC(C)C)c1. The van der Waals surface area contributed by atoms with Crippen molar-refractivity contribution in [1.29, 1.82) is 0 Å². The van der Waals surface area contributed by atoms with Gasteiger partial charge in [-0.3, -0.25) is 0 Å². The highest BCUT2D eigenvalue weighted by molar-refractivity contribution is 9.10. The van der Waals surface area contributed by atoms with E-state index >= 15 is 0 Å². The van der Waals surface area contributed by atoms with Crippen LogP contribution in [0.3, 0.4) is 0 Å². The molecule has 4 heteroatoms. The van der Waals surface area contributed by atoms with Gasteiger partial charge >= 0.3 is 0 Å². The Balaban J connectivity index is 2.55. The molecule has 0 aromatic heterocycles. The Morgan fingerprint density at radius 2 is 2.00 bits per heavy atom. The van der Waals surface area contributed by atoms with Gasteiger partial charge in [-0.15, -0.1) is 0 Å². The van der Waals surface area contributed by atoms with Crippen molar-refractivity contribution in [3.63, 3.8) is 0 Å². The Labute approximate surface area is 124 Å². The largest absolute Gasteiger partial charge is 0.491 e. The summed E-state index contributed by atoms with van der Waals surface area (Å²) < 4.78 is 12.0. The summed E-state index contributed by atoms with van der Waals surface area (Å²) >= 11 is 3.57. The van der Waals surface area contributed by atoms with E-state index in [2.05, 4.69) is 41.2 Å².